The van der Waals surface area contributed by atoms with Crippen LogP contribution in [0.1, 0.15) is 43.5 Å². The lowest BCUT2D eigenvalue weighted by atomic mass is 9.98. The van der Waals surface area contributed by atoms with Crippen molar-refractivity contribution in [1.82, 2.24) is 14.9 Å². The largest absolute Gasteiger partial charge is 0.454 e. The second-order valence-corrected chi connectivity index (χ2v) is 9.47. The van der Waals surface area contributed by atoms with Gasteiger partial charge in [0.2, 0.25) is 12.7 Å². The van der Waals surface area contributed by atoms with Crippen molar-refractivity contribution >= 4 is 5.95 Å². The van der Waals surface area contributed by atoms with Gasteiger partial charge in [0, 0.05) is 38.3 Å². The van der Waals surface area contributed by atoms with Crippen LogP contribution in [-0.2, 0) is 19.4 Å². The Balaban J connectivity index is 1.24. The maximum atomic E-state index is 12.7. The highest BCUT2D eigenvalue weighted by molar-refractivity contribution is 5.44. The SMILES string of the molecule is CC1CCN(c2nc3c(c(=O)[nH]2)CCN(CC(C)Cc2ccc4c(c2)OCO4)C3)CC1. The maximum Gasteiger partial charge on any atom is 0.255 e. The first-order valence-electron chi connectivity index (χ1n) is 11.5. The van der Waals surface area contributed by atoms with Gasteiger partial charge in [0.25, 0.3) is 5.56 Å². The fourth-order valence-electron chi connectivity index (χ4n) is 4.98. The summed E-state index contributed by atoms with van der Waals surface area (Å²) < 4.78 is 10.9. The van der Waals surface area contributed by atoms with Gasteiger partial charge in [0.1, 0.15) is 0 Å². The molecule has 1 fully saturated rings. The van der Waals surface area contributed by atoms with Crippen LogP contribution < -0.4 is 19.9 Å². The standard InChI is InChI=1S/C24H32N4O3/c1-16-5-9-28(10-6-16)24-25-20-14-27(8-7-19(20)23(29)26-24)13-17(2)11-18-3-4-21-22(12-18)31-15-30-21/h3-4,12,16-17H,5-11,13-15H2,1-2H3,(H,25,26,29). The highest BCUT2D eigenvalue weighted by atomic mass is 16.7. The second kappa shape index (κ2) is 8.54. The molecule has 1 unspecified atom stereocenters. The van der Waals surface area contributed by atoms with Crippen molar-refractivity contribution in [3.8, 4) is 11.5 Å². The van der Waals surface area contributed by atoms with E-state index in [0.29, 0.717) is 12.7 Å². The Bertz CT molecular complexity index is 997. The molecule has 3 aliphatic heterocycles. The molecular formula is C24H32N4O3. The van der Waals surface area contributed by atoms with E-state index < -0.39 is 0 Å². The predicted molar refractivity (Wildman–Crippen MR) is 120 cm³/mol. The maximum absolute atomic E-state index is 12.7. The number of hydrogen-bond acceptors (Lipinski definition) is 6. The molecule has 0 aliphatic carbocycles. The number of anilines is 1. The molecule has 3 aliphatic rings. The molecule has 31 heavy (non-hydrogen) atoms. The van der Waals surface area contributed by atoms with E-state index in [1.54, 1.807) is 0 Å². The number of aromatic amines is 1. The minimum Gasteiger partial charge on any atom is -0.454 e. The van der Waals surface area contributed by atoms with Gasteiger partial charge in [-0.05, 0) is 55.2 Å². The van der Waals surface area contributed by atoms with Gasteiger partial charge in [-0.15, -0.1) is 0 Å². The highest BCUT2D eigenvalue weighted by Crippen LogP contribution is 2.33. The Labute approximate surface area is 183 Å². The number of nitrogens with zero attached hydrogens (tertiary/aromatic N) is 3. The summed E-state index contributed by atoms with van der Waals surface area (Å²) in [6, 6.07) is 6.22. The third kappa shape index (κ3) is 4.42. The third-order valence-electron chi connectivity index (χ3n) is 6.81. The highest BCUT2D eigenvalue weighted by Gasteiger charge is 2.25. The van der Waals surface area contributed by atoms with Crippen LogP contribution in [0.15, 0.2) is 23.0 Å². The van der Waals surface area contributed by atoms with E-state index in [9.17, 15) is 4.79 Å². The van der Waals surface area contributed by atoms with Crippen LogP contribution >= 0.6 is 0 Å². The van der Waals surface area contributed by atoms with Crippen LogP contribution in [0, 0.1) is 11.8 Å². The zero-order valence-electron chi connectivity index (χ0n) is 18.5. The van der Waals surface area contributed by atoms with Crippen molar-refractivity contribution in [2.45, 2.75) is 46.1 Å². The lowest BCUT2D eigenvalue weighted by molar-refractivity contribution is 0.174. The molecule has 1 N–H and O–H groups in total. The minimum absolute atomic E-state index is 0.0479. The van der Waals surface area contributed by atoms with Gasteiger partial charge >= 0.3 is 0 Å². The average Bonchev–Trinajstić information content (AvgIpc) is 3.22. The Hall–Kier alpha value is -2.54. The summed E-state index contributed by atoms with van der Waals surface area (Å²) in [6.45, 7) is 9.48. The molecule has 0 bridgehead atoms. The summed E-state index contributed by atoms with van der Waals surface area (Å²) >= 11 is 0. The summed E-state index contributed by atoms with van der Waals surface area (Å²) in [5.74, 6) is 3.68. The molecule has 1 saturated heterocycles. The topological polar surface area (TPSA) is 70.7 Å². The molecule has 1 aromatic carbocycles. The summed E-state index contributed by atoms with van der Waals surface area (Å²) in [4.78, 5) is 25.3. The first-order valence-corrected chi connectivity index (χ1v) is 11.5. The zero-order chi connectivity index (χ0) is 21.4. The third-order valence-corrected chi connectivity index (χ3v) is 6.81. The van der Waals surface area contributed by atoms with Gasteiger partial charge in [0.05, 0.1) is 5.69 Å². The van der Waals surface area contributed by atoms with Crippen LogP contribution in [0.4, 0.5) is 5.95 Å². The normalized spacial score (nSPS) is 20.0. The van der Waals surface area contributed by atoms with E-state index in [4.69, 9.17) is 14.5 Å². The molecule has 0 amide bonds. The molecule has 1 atom stereocenters. The first-order chi connectivity index (χ1) is 15.0. The molecule has 7 nitrogen and oxygen atoms in total. The molecule has 1 aromatic heterocycles. The van der Waals surface area contributed by atoms with Crippen molar-refractivity contribution in [3.05, 3.63) is 45.4 Å². The average molecular weight is 425 g/mol. The van der Waals surface area contributed by atoms with Gasteiger partial charge in [0.15, 0.2) is 11.5 Å². The van der Waals surface area contributed by atoms with Gasteiger partial charge in [-0.3, -0.25) is 14.7 Å². The van der Waals surface area contributed by atoms with Crippen molar-refractivity contribution in [1.29, 1.82) is 0 Å². The fourth-order valence-corrected chi connectivity index (χ4v) is 4.98. The van der Waals surface area contributed by atoms with Crippen molar-refractivity contribution in [2.24, 2.45) is 11.8 Å². The number of piperidine rings is 1. The molecule has 0 radical (unpaired) electrons. The predicted octanol–water partition coefficient (Wildman–Crippen LogP) is 2.97. The molecule has 5 rings (SSSR count). The Morgan fingerprint density at radius 3 is 2.84 bits per heavy atom. The smallest absolute Gasteiger partial charge is 0.255 e. The number of H-pyrrole nitrogens is 1. The molecule has 0 saturated carbocycles. The number of aromatic nitrogens is 2. The van der Waals surface area contributed by atoms with E-state index in [-0.39, 0.29) is 5.56 Å². The number of nitrogens with one attached hydrogen (secondary N) is 1. The summed E-state index contributed by atoms with van der Waals surface area (Å²) in [5.41, 5.74) is 3.14. The monoisotopic (exact) mass is 424 g/mol. The fraction of sp³-hybridized carbons (Fsp3) is 0.583. The Morgan fingerprint density at radius 1 is 1.19 bits per heavy atom. The van der Waals surface area contributed by atoms with E-state index in [0.717, 1.165) is 93.0 Å². The Kier molecular flexibility index (Phi) is 5.61. The molecular weight excluding hydrogens is 392 g/mol. The van der Waals surface area contributed by atoms with Crippen molar-refractivity contribution < 1.29 is 9.47 Å². The number of ether oxygens (including phenoxy) is 2. The van der Waals surface area contributed by atoms with Crippen LogP contribution in [0.3, 0.4) is 0 Å². The zero-order valence-corrected chi connectivity index (χ0v) is 18.5. The summed E-state index contributed by atoms with van der Waals surface area (Å²) in [6.07, 6.45) is 4.07. The van der Waals surface area contributed by atoms with E-state index in [1.165, 1.54) is 5.56 Å². The van der Waals surface area contributed by atoms with E-state index >= 15 is 0 Å². The molecule has 7 heteroatoms. The lowest BCUT2D eigenvalue weighted by Gasteiger charge is -2.33. The van der Waals surface area contributed by atoms with E-state index in [1.807, 2.05) is 6.07 Å². The molecule has 4 heterocycles. The van der Waals surface area contributed by atoms with Crippen molar-refractivity contribution in [2.75, 3.05) is 37.9 Å². The molecule has 2 aromatic rings. The van der Waals surface area contributed by atoms with Gasteiger partial charge in [-0.2, -0.15) is 0 Å². The summed E-state index contributed by atoms with van der Waals surface area (Å²) in [5, 5.41) is 0. The quantitative estimate of drug-likeness (QED) is 0.796. The second-order valence-electron chi connectivity index (χ2n) is 9.47. The van der Waals surface area contributed by atoms with Crippen LogP contribution in [0.25, 0.3) is 0 Å². The lowest BCUT2D eigenvalue weighted by Crippen LogP contribution is -2.40. The molecule has 0 spiro atoms. The van der Waals surface area contributed by atoms with Crippen LogP contribution in [0.2, 0.25) is 0 Å². The number of fused-ring (bicyclic) bond motifs is 2. The van der Waals surface area contributed by atoms with Gasteiger partial charge in [-0.1, -0.05) is 19.9 Å². The van der Waals surface area contributed by atoms with Crippen molar-refractivity contribution in [3.63, 3.8) is 0 Å². The Morgan fingerprint density at radius 2 is 2.00 bits per heavy atom. The van der Waals surface area contributed by atoms with Crippen LogP contribution in [-0.4, -0.2) is 47.8 Å². The molecule has 166 valence electrons. The van der Waals surface area contributed by atoms with Crippen LogP contribution in [0.5, 0.6) is 11.5 Å². The summed E-state index contributed by atoms with van der Waals surface area (Å²) in [7, 11) is 0. The minimum atomic E-state index is 0.0479. The first kappa shape index (κ1) is 20.4. The van der Waals surface area contributed by atoms with E-state index in [2.05, 4.69) is 40.8 Å². The number of hydrogen-bond donors (Lipinski definition) is 1. The van der Waals surface area contributed by atoms with Gasteiger partial charge < -0.3 is 14.4 Å². The number of rotatable bonds is 5. The van der Waals surface area contributed by atoms with Gasteiger partial charge in [-0.25, -0.2) is 4.98 Å². The number of benzene rings is 1.